The van der Waals surface area contributed by atoms with E-state index in [9.17, 15) is 13.2 Å². The molecule has 9 heteroatoms. The Labute approximate surface area is 127 Å². The van der Waals surface area contributed by atoms with Crippen molar-refractivity contribution in [2.75, 3.05) is 5.32 Å². The minimum Gasteiger partial charge on any atom is -0.301 e. The number of carbonyl (C=O) groups excluding carboxylic acids is 1. The normalized spacial score (nSPS) is 28.0. The van der Waals surface area contributed by atoms with Crippen molar-refractivity contribution in [1.29, 1.82) is 0 Å². The molecule has 0 saturated heterocycles. The van der Waals surface area contributed by atoms with Crippen LogP contribution in [0.4, 0.5) is 5.13 Å². The minimum absolute atomic E-state index is 0.0198. The Balaban J connectivity index is 1.69. The van der Waals surface area contributed by atoms with Gasteiger partial charge in [-0.15, -0.1) is 10.2 Å². The second-order valence-corrected chi connectivity index (χ2v) is 8.54. The van der Waals surface area contributed by atoms with Crippen molar-refractivity contribution >= 4 is 32.4 Å². The van der Waals surface area contributed by atoms with E-state index >= 15 is 0 Å². The quantitative estimate of drug-likeness (QED) is 0.794. The summed E-state index contributed by atoms with van der Waals surface area (Å²) >= 11 is 0.882. The highest BCUT2D eigenvalue weighted by Gasteiger charge is 2.41. The number of amides is 1. The molecule has 7 nitrogen and oxygen atoms in total. The molecule has 0 radical (unpaired) electrons. The van der Waals surface area contributed by atoms with Gasteiger partial charge in [0.2, 0.25) is 15.4 Å². The predicted octanol–water partition coefficient (Wildman–Crippen LogP) is 1.35. The third-order valence-corrected chi connectivity index (χ3v) is 6.94. The van der Waals surface area contributed by atoms with Crippen molar-refractivity contribution in [3.8, 4) is 0 Å². The van der Waals surface area contributed by atoms with Gasteiger partial charge in [0.05, 0.1) is 0 Å². The summed E-state index contributed by atoms with van der Waals surface area (Å²) in [4.78, 5) is 11.3. The first-order valence-corrected chi connectivity index (χ1v) is 9.43. The van der Waals surface area contributed by atoms with Gasteiger partial charge in [0.1, 0.15) is 0 Å². The lowest BCUT2D eigenvalue weighted by atomic mass is 9.96. The lowest BCUT2D eigenvalue weighted by Crippen LogP contribution is -2.38. The summed E-state index contributed by atoms with van der Waals surface area (Å²) in [5, 5.41) is 10.1. The number of hydrogen-bond acceptors (Lipinski definition) is 6. The summed E-state index contributed by atoms with van der Waals surface area (Å²) in [7, 11) is -3.64. The van der Waals surface area contributed by atoms with Gasteiger partial charge < -0.3 is 5.32 Å². The Morgan fingerprint density at radius 3 is 2.76 bits per heavy atom. The Hall–Kier alpha value is -1.06. The van der Waals surface area contributed by atoms with Crippen LogP contribution < -0.4 is 10.0 Å². The van der Waals surface area contributed by atoms with E-state index in [0.717, 1.165) is 30.6 Å². The van der Waals surface area contributed by atoms with E-state index in [1.165, 1.54) is 6.42 Å². The third-order valence-electron chi connectivity index (χ3n) is 4.25. The molecule has 21 heavy (non-hydrogen) atoms. The molecule has 0 unspecified atom stereocenters. The first-order chi connectivity index (χ1) is 9.98. The van der Waals surface area contributed by atoms with Crippen LogP contribution in [0.25, 0.3) is 0 Å². The summed E-state index contributed by atoms with van der Waals surface area (Å²) in [5.74, 6) is 0.907. The zero-order valence-electron chi connectivity index (χ0n) is 11.7. The summed E-state index contributed by atoms with van der Waals surface area (Å²) in [6.07, 6.45) is 4.68. The SMILES string of the molecule is CCC(=O)Nc1nnc(S(=O)(=O)N[C@H]2C[C@H]3CC[C@H]2C3)s1. The zero-order valence-corrected chi connectivity index (χ0v) is 13.3. The molecule has 2 aliphatic carbocycles. The fourth-order valence-corrected chi connectivity index (χ4v) is 5.47. The second kappa shape index (κ2) is 5.62. The minimum atomic E-state index is -3.64. The topological polar surface area (TPSA) is 101 Å². The molecule has 2 fully saturated rings. The largest absolute Gasteiger partial charge is 0.301 e. The standard InChI is InChI=1S/C12H18N4O3S2/c1-2-10(17)13-11-14-15-12(20-11)21(18,19)16-9-6-7-3-4-8(9)5-7/h7-9,16H,2-6H2,1H3,(H,13,14,17)/t7-,8-,9-/m0/s1. The first-order valence-electron chi connectivity index (χ1n) is 7.13. The van der Waals surface area contributed by atoms with E-state index < -0.39 is 10.0 Å². The van der Waals surface area contributed by atoms with E-state index in [2.05, 4.69) is 20.2 Å². The molecule has 0 aliphatic heterocycles. The van der Waals surface area contributed by atoms with E-state index in [4.69, 9.17) is 0 Å². The highest BCUT2D eigenvalue weighted by atomic mass is 32.2. The molecular weight excluding hydrogens is 312 g/mol. The molecule has 2 aliphatic rings. The van der Waals surface area contributed by atoms with Crippen LogP contribution in [0.5, 0.6) is 0 Å². The summed E-state index contributed by atoms with van der Waals surface area (Å²) in [6, 6.07) is 0.0198. The number of fused-ring (bicyclic) bond motifs is 2. The summed E-state index contributed by atoms with van der Waals surface area (Å²) < 4.78 is 27.3. The van der Waals surface area contributed by atoms with Gasteiger partial charge in [-0.1, -0.05) is 24.7 Å². The molecule has 3 rings (SSSR count). The van der Waals surface area contributed by atoms with Gasteiger partial charge in [-0.3, -0.25) is 4.79 Å². The smallest absolute Gasteiger partial charge is 0.270 e. The van der Waals surface area contributed by atoms with Gasteiger partial charge in [-0.25, -0.2) is 13.1 Å². The number of nitrogens with one attached hydrogen (secondary N) is 2. The van der Waals surface area contributed by atoms with E-state index in [1.54, 1.807) is 6.92 Å². The molecule has 1 aromatic rings. The molecule has 2 N–H and O–H groups in total. The van der Waals surface area contributed by atoms with Gasteiger partial charge in [0, 0.05) is 12.5 Å². The van der Waals surface area contributed by atoms with Crippen LogP contribution >= 0.6 is 11.3 Å². The zero-order chi connectivity index (χ0) is 15.0. The molecule has 1 aromatic heterocycles. The average molecular weight is 330 g/mol. The van der Waals surface area contributed by atoms with Crippen LogP contribution in [0, 0.1) is 11.8 Å². The van der Waals surface area contributed by atoms with Gasteiger partial charge in [-0.05, 0) is 31.1 Å². The first kappa shape index (κ1) is 14.9. The molecule has 2 saturated carbocycles. The van der Waals surface area contributed by atoms with E-state index in [1.807, 2.05) is 0 Å². The monoisotopic (exact) mass is 330 g/mol. The molecule has 1 heterocycles. The fraction of sp³-hybridized carbons (Fsp3) is 0.750. The maximum atomic E-state index is 12.3. The lowest BCUT2D eigenvalue weighted by Gasteiger charge is -2.21. The number of sulfonamides is 1. The second-order valence-electron chi connectivity index (χ2n) is 5.68. The fourth-order valence-electron chi connectivity index (χ4n) is 3.22. The third kappa shape index (κ3) is 3.09. The summed E-state index contributed by atoms with van der Waals surface area (Å²) in [6.45, 7) is 1.71. The van der Waals surface area contributed by atoms with Crippen LogP contribution in [0.3, 0.4) is 0 Å². The van der Waals surface area contributed by atoms with Gasteiger partial charge in [0.15, 0.2) is 0 Å². The lowest BCUT2D eigenvalue weighted by molar-refractivity contribution is -0.115. The van der Waals surface area contributed by atoms with Crippen LogP contribution in [-0.2, 0) is 14.8 Å². The van der Waals surface area contributed by atoms with Gasteiger partial charge in [0.25, 0.3) is 10.0 Å². The number of rotatable bonds is 5. The number of nitrogens with zero attached hydrogens (tertiary/aromatic N) is 2. The van der Waals surface area contributed by atoms with Crippen LogP contribution in [0.2, 0.25) is 0 Å². The van der Waals surface area contributed by atoms with Crippen LogP contribution in [-0.4, -0.2) is 30.6 Å². The maximum absolute atomic E-state index is 12.3. The number of carbonyl (C=O) groups is 1. The van der Waals surface area contributed by atoms with Crippen LogP contribution in [0.15, 0.2) is 4.34 Å². The van der Waals surface area contributed by atoms with Crippen molar-refractivity contribution in [2.24, 2.45) is 11.8 Å². The summed E-state index contributed by atoms with van der Waals surface area (Å²) in [5.41, 5.74) is 0. The van der Waals surface area contributed by atoms with Crippen molar-refractivity contribution in [1.82, 2.24) is 14.9 Å². The highest BCUT2D eigenvalue weighted by molar-refractivity contribution is 7.91. The van der Waals surface area contributed by atoms with E-state index in [-0.39, 0.29) is 21.4 Å². The van der Waals surface area contributed by atoms with Crippen molar-refractivity contribution in [3.63, 3.8) is 0 Å². The Morgan fingerprint density at radius 1 is 1.33 bits per heavy atom. The average Bonchev–Trinajstić information content (AvgIpc) is 3.13. The van der Waals surface area contributed by atoms with Crippen molar-refractivity contribution in [2.45, 2.75) is 49.4 Å². The number of aromatic nitrogens is 2. The highest BCUT2D eigenvalue weighted by Crippen LogP contribution is 2.44. The van der Waals surface area contributed by atoms with Crippen molar-refractivity contribution < 1.29 is 13.2 Å². The molecule has 116 valence electrons. The molecule has 3 atom stereocenters. The Bertz CT molecular complexity index is 643. The number of anilines is 1. The predicted molar refractivity (Wildman–Crippen MR) is 78.4 cm³/mol. The molecule has 2 bridgehead atoms. The molecule has 1 amide bonds. The van der Waals surface area contributed by atoms with Gasteiger partial charge >= 0.3 is 0 Å². The molecule has 0 aromatic carbocycles. The van der Waals surface area contributed by atoms with E-state index in [0.29, 0.717) is 18.3 Å². The molecule has 0 spiro atoms. The van der Waals surface area contributed by atoms with Crippen molar-refractivity contribution in [3.05, 3.63) is 0 Å². The van der Waals surface area contributed by atoms with Crippen LogP contribution in [0.1, 0.15) is 39.0 Å². The Morgan fingerprint density at radius 2 is 2.14 bits per heavy atom. The molecular formula is C12H18N4O3S2. The van der Waals surface area contributed by atoms with Gasteiger partial charge in [-0.2, -0.15) is 0 Å². The number of hydrogen-bond donors (Lipinski definition) is 2. The Kier molecular flexibility index (Phi) is 3.98. The maximum Gasteiger partial charge on any atom is 0.270 e.